The fourth-order valence-electron chi connectivity index (χ4n) is 2.78. The van der Waals surface area contributed by atoms with E-state index in [1.807, 2.05) is 18.7 Å². The van der Waals surface area contributed by atoms with E-state index in [1.54, 1.807) is 24.3 Å². The quantitative estimate of drug-likeness (QED) is 0.855. The number of nitrogens with one attached hydrogen (secondary N) is 2. The van der Waals surface area contributed by atoms with Crippen LogP contribution >= 0.6 is 0 Å². The van der Waals surface area contributed by atoms with Gasteiger partial charge in [-0.2, -0.15) is 0 Å². The highest BCUT2D eigenvalue weighted by Gasteiger charge is 2.27. The Bertz CT molecular complexity index is 584. The molecule has 2 rings (SSSR count). The Hall–Kier alpha value is -2.08. The SMILES string of the molecule is CC(C)CC1COCCN1C(=O)Nc1ccc(NC(=O)C(C)C)cc1. The molecule has 0 bridgehead atoms. The zero-order valence-electron chi connectivity index (χ0n) is 15.5. The predicted octanol–water partition coefficient (Wildman–Crippen LogP) is 3.56. The molecule has 0 aliphatic carbocycles. The molecule has 1 aliphatic heterocycles. The molecule has 0 saturated carbocycles. The van der Waals surface area contributed by atoms with Crippen LogP contribution in [0, 0.1) is 11.8 Å². The lowest BCUT2D eigenvalue weighted by atomic mass is 10.0. The fraction of sp³-hybridized carbons (Fsp3) is 0.579. The van der Waals surface area contributed by atoms with Crippen LogP contribution in [0.25, 0.3) is 0 Å². The lowest BCUT2D eigenvalue weighted by molar-refractivity contribution is -0.118. The molecule has 1 unspecified atom stereocenters. The Morgan fingerprint density at radius 3 is 2.28 bits per heavy atom. The molecule has 3 amide bonds. The summed E-state index contributed by atoms with van der Waals surface area (Å²) in [5.74, 6) is 0.408. The number of hydrogen-bond acceptors (Lipinski definition) is 3. The number of anilines is 2. The van der Waals surface area contributed by atoms with Crippen LogP contribution in [-0.2, 0) is 9.53 Å². The Balaban J connectivity index is 1.96. The van der Waals surface area contributed by atoms with Crippen molar-refractivity contribution in [1.82, 2.24) is 4.90 Å². The first-order valence-corrected chi connectivity index (χ1v) is 8.93. The zero-order chi connectivity index (χ0) is 18.4. The van der Waals surface area contributed by atoms with Gasteiger partial charge >= 0.3 is 6.03 Å². The lowest BCUT2D eigenvalue weighted by Crippen LogP contribution is -2.50. The maximum atomic E-state index is 12.6. The van der Waals surface area contributed by atoms with E-state index in [4.69, 9.17) is 4.74 Å². The number of morpholine rings is 1. The highest BCUT2D eigenvalue weighted by atomic mass is 16.5. The summed E-state index contributed by atoms with van der Waals surface area (Å²) in [6.45, 7) is 9.75. The van der Waals surface area contributed by atoms with Crippen molar-refractivity contribution in [3.63, 3.8) is 0 Å². The van der Waals surface area contributed by atoms with Crippen molar-refractivity contribution in [3.8, 4) is 0 Å². The van der Waals surface area contributed by atoms with Crippen LogP contribution < -0.4 is 10.6 Å². The van der Waals surface area contributed by atoms with E-state index in [9.17, 15) is 9.59 Å². The van der Waals surface area contributed by atoms with Crippen molar-refractivity contribution in [2.45, 2.75) is 40.2 Å². The van der Waals surface area contributed by atoms with Crippen LogP contribution in [0.1, 0.15) is 34.1 Å². The van der Waals surface area contributed by atoms with Crippen molar-refractivity contribution in [2.24, 2.45) is 11.8 Å². The van der Waals surface area contributed by atoms with Crippen LogP contribution in [-0.4, -0.2) is 42.6 Å². The summed E-state index contributed by atoms with van der Waals surface area (Å²) in [6.07, 6.45) is 0.924. The molecule has 1 aromatic rings. The number of urea groups is 1. The highest BCUT2D eigenvalue weighted by Crippen LogP contribution is 2.19. The minimum atomic E-state index is -0.104. The standard InChI is InChI=1S/C19H29N3O3/c1-13(2)11-17-12-25-10-9-22(17)19(24)21-16-7-5-15(6-8-16)20-18(23)14(3)4/h5-8,13-14,17H,9-12H2,1-4H3,(H,20,23)(H,21,24). The molecule has 6 nitrogen and oxygen atoms in total. The average Bonchev–Trinajstić information content (AvgIpc) is 2.56. The number of nitrogens with zero attached hydrogens (tertiary/aromatic N) is 1. The normalized spacial score (nSPS) is 17.7. The van der Waals surface area contributed by atoms with E-state index in [0.717, 1.165) is 12.1 Å². The molecule has 2 N–H and O–H groups in total. The predicted molar refractivity (Wildman–Crippen MR) is 99.7 cm³/mol. The maximum Gasteiger partial charge on any atom is 0.322 e. The number of hydrogen-bond donors (Lipinski definition) is 2. The second-order valence-electron chi connectivity index (χ2n) is 7.20. The third-order valence-electron chi connectivity index (χ3n) is 4.16. The maximum absolute atomic E-state index is 12.6. The summed E-state index contributed by atoms with van der Waals surface area (Å²) in [6, 6.07) is 7.19. The van der Waals surface area contributed by atoms with Gasteiger partial charge in [0.05, 0.1) is 19.3 Å². The average molecular weight is 347 g/mol. The third-order valence-corrected chi connectivity index (χ3v) is 4.16. The highest BCUT2D eigenvalue weighted by molar-refractivity contribution is 5.93. The van der Waals surface area contributed by atoms with Crippen molar-refractivity contribution in [1.29, 1.82) is 0 Å². The summed E-state index contributed by atoms with van der Waals surface area (Å²) in [5.41, 5.74) is 1.43. The molecule has 0 aromatic heterocycles. The molecule has 1 aliphatic rings. The zero-order valence-corrected chi connectivity index (χ0v) is 15.5. The first-order chi connectivity index (χ1) is 11.9. The number of rotatable bonds is 5. The Morgan fingerprint density at radius 1 is 1.12 bits per heavy atom. The lowest BCUT2D eigenvalue weighted by Gasteiger charge is -2.36. The number of ether oxygens (including phenoxy) is 1. The van der Waals surface area contributed by atoms with Gasteiger partial charge in [0.15, 0.2) is 0 Å². The van der Waals surface area contributed by atoms with Crippen LogP contribution in [0.2, 0.25) is 0 Å². The third kappa shape index (κ3) is 5.74. The molecular formula is C19H29N3O3. The minimum Gasteiger partial charge on any atom is -0.377 e. The van der Waals surface area contributed by atoms with E-state index in [-0.39, 0.29) is 23.9 Å². The van der Waals surface area contributed by atoms with Crippen molar-refractivity contribution >= 4 is 23.3 Å². The molecule has 1 heterocycles. The number of carbonyl (C=O) groups excluding carboxylic acids is 2. The van der Waals surface area contributed by atoms with Gasteiger partial charge < -0.3 is 20.3 Å². The molecule has 138 valence electrons. The second-order valence-corrected chi connectivity index (χ2v) is 7.20. The summed E-state index contributed by atoms with van der Waals surface area (Å²) in [4.78, 5) is 26.2. The smallest absolute Gasteiger partial charge is 0.322 e. The molecule has 1 fully saturated rings. The van der Waals surface area contributed by atoms with E-state index in [1.165, 1.54) is 0 Å². The first kappa shape index (κ1) is 19.2. The largest absolute Gasteiger partial charge is 0.377 e. The van der Waals surface area contributed by atoms with E-state index < -0.39 is 0 Å². The van der Waals surface area contributed by atoms with E-state index in [2.05, 4.69) is 24.5 Å². The fourth-order valence-corrected chi connectivity index (χ4v) is 2.78. The van der Waals surface area contributed by atoms with E-state index >= 15 is 0 Å². The second kappa shape index (κ2) is 8.85. The van der Waals surface area contributed by atoms with Crippen molar-refractivity contribution in [2.75, 3.05) is 30.4 Å². The Labute approximate surface area is 149 Å². The molecule has 0 spiro atoms. The van der Waals surface area contributed by atoms with Gasteiger partial charge in [-0.1, -0.05) is 27.7 Å². The molecule has 1 aromatic carbocycles. The molecule has 1 atom stereocenters. The van der Waals surface area contributed by atoms with Gasteiger partial charge in [0.1, 0.15) is 0 Å². The molecular weight excluding hydrogens is 318 g/mol. The summed E-state index contributed by atoms with van der Waals surface area (Å²) in [7, 11) is 0. The minimum absolute atomic E-state index is 0.0263. The van der Waals surface area contributed by atoms with Crippen molar-refractivity contribution < 1.29 is 14.3 Å². The number of amides is 3. The van der Waals surface area contributed by atoms with Gasteiger partial charge in [0.25, 0.3) is 0 Å². The van der Waals surface area contributed by atoms with Crippen LogP contribution in [0.15, 0.2) is 24.3 Å². The number of benzene rings is 1. The Morgan fingerprint density at radius 2 is 1.72 bits per heavy atom. The van der Waals surface area contributed by atoms with Crippen LogP contribution in [0.5, 0.6) is 0 Å². The van der Waals surface area contributed by atoms with Gasteiger partial charge in [0, 0.05) is 23.8 Å². The van der Waals surface area contributed by atoms with Gasteiger partial charge in [-0.3, -0.25) is 4.79 Å². The van der Waals surface area contributed by atoms with Crippen LogP contribution in [0.3, 0.4) is 0 Å². The molecule has 1 saturated heterocycles. The van der Waals surface area contributed by atoms with Gasteiger partial charge in [-0.25, -0.2) is 4.79 Å². The van der Waals surface area contributed by atoms with Gasteiger partial charge in [-0.15, -0.1) is 0 Å². The van der Waals surface area contributed by atoms with Gasteiger partial charge in [0.2, 0.25) is 5.91 Å². The first-order valence-electron chi connectivity index (χ1n) is 8.93. The Kier molecular flexibility index (Phi) is 6.82. The van der Waals surface area contributed by atoms with Gasteiger partial charge in [-0.05, 0) is 36.6 Å². The summed E-state index contributed by atoms with van der Waals surface area (Å²) in [5, 5.41) is 5.77. The van der Waals surface area contributed by atoms with E-state index in [0.29, 0.717) is 31.4 Å². The topological polar surface area (TPSA) is 70.7 Å². The van der Waals surface area contributed by atoms with Crippen LogP contribution in [0.4, 0.5) is 16.2 Å². The monoisotopic (exact) mass is 347 g/mol. The number of carbonyl (C=O) groups is 2. The van der Waals surface area contributed by atoms with Crippen molar-refractivity contribution in [3.05, 3.63) is 24.3 Å². The summed E-state index contributed by atoms with van der Waals surface area (Å²) < 4.78 is 5.52. The molecule has 25 heavy (non-hydrogen) atoms. The summed E-state index contributed by atoms with van der Waals surface area (Å²) >= 11 is 0. The molecule has 0 radical (unpaired) electrons. The molecule has 6 heteroatoms.